The second-order valence-electron chi connectivity index (χ2n) is 3.64. The second kappa shape index (κ2) is 5.88. The third-order valence-electron chi connectivity index (χ3n) is 2.29. The van der Waals surface area contributed by atoms with Crippen molar-refractivity contribution in [3.05, 3.63) is 38.9 Å². The van der Waals surface area contributed by atoms with Crippen molar-refractivity contribution < 1.29 is 17.5 Å². The standard InChI is InChI=1S/C11H8BrClFNO3S2/c1-18-9-4-6(2-3-8(9)14)15-20(16,17)10-5-7(13)11(12)19-10/h2-5,15H,1H3. The van der Waals surface area contributed by atoms with Crippen molar-refractivity contribution >= 4 is 54.6 Å². The van der Waals surface area contributed by atoms with Gasteiger partial charge < -0.3 is 4.74 Å². The van der Waals surface area contributed by atoms with E-state index in [0.29, 0.717) is 8.81 Å². The average molecular weight is 401 g/mol. The molecular weight excluding hydrogens is 393 g/mol. The molecule has 0 fully saturated rings. The van der Waals surface area contributed by atoms with E-state index in [1.54, 1.807) is 0 Å². The zero-order chi connectivity index (χ0) is 14.9. The summed E-state index contributed by atoms with van der Waals surface area (Å²) in [7, 11) is -2.48. The van der Waals surface area contributed by atoms with E-state index in [0.717, 1.165) is 17.4 Å². The summed E-state index contributed by atoms with van der Waals surface area (Å²) in [5, 5.41) is 0.312. The SMILES string of the molecule is COc1cc(NS(=O)(=O)c2cc(Cl)c(Br)s2)ccc1F. The van der Waals surface area contributed by atoms with Gasteiger partial charge in [0.05, 0.1) is 21.6 Å². The molecule has 2 aromatic rings. The molecule has 1 heterocycles. The van der Waals surface area contributed by atoms with Gasteiger partial charge in [-0.15, -0.1) is 11.3 Å². The first-order valence-electron chi connectivity index (χ1n) is 5.14. The summed E-state index contributed by atoms with van der Waals surface area (Å²) in [5.74, 6) is -0.618. The van der Waals surface area contributed by atoms with E-state index >= 15 is 0 Å². The first-order chi connectivity index (χ1) is 9.33. The maximum atomic E-state index is 13.3. The van der Waals surface area contributed by atoms with E-state index in [2.05, 4.69) is 20.7 Å². The van der Waals surface area contributed by atoms with Crippen molar-refractivity contribution in [1.82, 2.24) is 0 Å². The Morgan fingerprint density at radius 3 is 2.65 bits per heavy atom. The molecule has 2 rings (SSSR count). The van der Waals surface area contributed by atoms with Crippen LogP contribution in [0.1, 0.15) is 0 Å². The molecule has 0 unspecified atom stereocenters. The predicted molar refractivity (Wildman–Crippen MR) is 80.8 cm³/mol. The van der Waals surface area contributed by atoms with Gasteiger partial charge in [0, 0.05) is 6.07 Å². The Morgan fingerprint density at radius 1 is 1.40 bits per heavy atom. The normalized spacial score (nSPS) is 11.4. The molecule has 1 aromatic carbocycles. The van der Waals surface area contributed by atoms with Crippen LogP contribution in [0.15, 0.2) is 32.3 Å². The summed E-state index contributed by atoms with van der Waals surface area (Å²) in [6.07, 6.45) is 0. The number of nitrogens with one attached hydrogen (secondary N) is 1. The van der Waals surface area contributed by atoms with Gasteiger partial charge in [-0.1, -0.05) is 11.6 Å². The minimum Gasteiger partial charge on any atom is -0.494 e. The summed E-state index contributed by atoms with van der Waals surface area (Å²) in [4.78, 5) is 0. The molecule has 0 saturated heterocycles. The zero-order valence-electron chi connectivity index (χ0n) is 9.98. The highest BCUT2D eigenvalue weighted by molar-refractivity contribution is 9.11. The Balaban J connectivity index is 2.33. The molecule has 0 aliphatic rings. The highest BCUT2D eigenvalue weighted by atomic mass is 79.9. The fraction of sp³-hybridized carbons (Fsp3) is 0.0909. The average Bonchev–Trinajstić information content (AvgIpc) is 2.72. The molecule has 0 saturated carbocycles. The molecule has 108 valence electrons. The van der Waals surface area contributed by atoms with Crippen LogP contribution in [-0.4, -0.2) is 15.5 Å². The molecule has 0 atom stereocenters. The summed E-state index contributed by atoms with van der Waals surface area (Å²) in [6, 6.07) is 5.02. The lowest BCUT2D eigenvalue weighted by Crippen LogP contribution is -2.11. The number of hydrogen-bond donors (Lipinski definition) is 1. The number of benzene rings is 1. The number of thiophene rings is 1. The first kappa shape index (κ1) is 15.6. The number of sulfonamides is 1. The summed E-state index contributed by atoms with van der Waals surface area (Å²) >= 11 is 9.94. The summed E-state index contributed by atoms with van der Waals surface area (Å²) in [6.45, 7) is 0. The van der Waals surface area contributed by atoms with E-state index in [9.17, 15) is 12.8 Å². The zero-order valence-corrected chi connectivity index (χ0v) is 14.0. The van der Waals surface area contributed by atoms with Crippen molar-refractivity contribution in [2.45, 2.75) is 4.21 Å². The fourth-order valence-corrected chi connectivity index (χ4v) is 4.84. The van der Waals surface area contributed by atoms with Crippen LogP contribution in [-0.2, 0) is 10.0 Å². The van der Waals surface area contributed by atoms with Crippen LogP contribution in [0.3, 0.4) is 0 Å². The van der Waals surface area contributed by atoms with Crippen molar-refractivity contribution in [2.75, 3.05) is 11.8 Å². The number of ether oxygens (including phenoxy) is 1. The van der Waals surface area contributed by atoms with E-state index < -0.39 is 15.8 Å². The quantitative estimate of drug-likeness (QED) is 0.840. The Hall–Kier alpha value is -0.830. The Bertz CT molecular complexity index is 729. The largest absolute Gasteiger partial charge is 0.494 e. The Kier molecular flexibility index (Phi) is 4.58. The van der Waals surface area contributed by atoms with Crippen LogP contribution in [0.5, 0.6) is 5.75 Å². The van der Waals surface area contributed by atoms with Gasteiger partial charge >= 0.3 is 0 Å². The lowest BCUT2D eigenvalue weighted by molar-refractivity contribution is 0.387. The monoisotopic (exact) mass is 399 g/mol. The van der Waals surface area contributed by atoms with E-state index in [1.807, 2.05) is 0 Å². The molecule has 0 aliphatic heterocycles. The van der Waals surface area contributed by atoms with Gasteiger partial charge in [0.25, 0.3) is 10.0 Å². The molecule has 0 aliphatic carbocycles. The third-order valence-corrected chi connectivity index (χ3v) is 6.62. The molecular formula is C11H8BrClFNO3S2. The van der Waals surface area contributed by atoms with Crippen LogP contribution < -0.4 is 9.46 Å². The number of anilines is 1. The minimum atomic E-state index is -3.78. The van der Waals surface area contributed by atoms with Gasteiger partial charge in [-0.2, -0.15) is 0 Å². The Morgan fingerprint density at radius 2 is 2.10 bits per heavy atom. The molecule has 9 heteroatoms. The summed E-state index contributed by atoms with van der Waals surface area (Å²) in [5.41, 5.74) is 0.198. The molecule has 0 amide bonds. The maximum Gasteiger partial charge on any atom is 0.271 e. The second-order valence-corrected chi connectivity index (χ2v) is 8.33. The third kappa shape index (κ3) is 3.25. The van der Waals surface area contributed by atoms with Crippen LogP contribution in [0.4, 0.5) is 10.1 Å². The van der Waals surface area contributed by atoms with Gasteiger partial charge in [0.2, 0.25) is 0 Å². The van der Waals surface area contributed by atoms with E-state index in [1.165, 1.54) is 25.3 Å². The number of rotatable bonds is 4. The first-order valence-corrected chi connectivity index (χ1v) is 8.62. The lowest BCUT2D eigenvalue weighted by Gasteiger charge is -2.08. The highest BCUT2D eigenvalue weighted by Crippen LogP contribution is 2.35. The van der Waals surface area contributed by atoms with E-state index in [4.69, 9.17) is 16.3 Å². The van der Waals surface area contributed by atoms with Crippen molar-refractivity contribution in [3.8, 4) is 5.75 Å². The molecule has 4 nitrogen and oxygen atoms in total. The molecule has 0 bridgehead atoms. The number of methoxy groups -OCH3 is 1. The van der Waals surface area contributed by atoms with Crippen molar-refractivity contribution in [1.29, 1.82) is 0 Å². The highest BCUT2D eigenvalue weighted by Gasteiger charge is 2.19. The molecule has 1 N–H and O–H groups in total. The van der Waals surface area contributed by atoms with Crippen LogP contribution in [0, 0.1) is 5.82 Å². The topological polar surface area (TPSA) is 55.4 Å². The van der Waals surface area contributed by atoms with Gasteiger partial charge in [0.15, 0.2) is 11.6 Å². The van der Waals surface area contributed by atoms with Gasteiger partial charge in [-0.3, -0.25) is 4.72 Å². The molecule has 0 radical (unpaired) electrons. The number of halogens is 3. The number of hydrogen-bond acceptors (Lipinski definition) is 4. The molecule has 0 spiro atoms. The fourth-order valence-electron chi connectivity index (χ4n) is 1.39. The molecule has 1 aromatic heterocycles. The minimum absolute atomic E-state index is 0.0457. The summed E-state index contributed by atoms with van der Waals surface area (Å²) < 4.78 is 45.2. The van der Waals surface area contributed by atoms with Gasteiger partial charge in [-0.25, -0.2) is 12.8 Å². The van der Waals surface area contributed by atoms with Gasteiger partial charge in [-0.05, 0) is 34.1 Å². The van der Waals surface area contributed by atoms with Crippen molar-refractivity contribution in [2.24, 2.45) is 0 Å². The van der Waals surface area contributed by atoms with Crippen LogP contribution in [0.2, 0.25) is 5.02 Å². The Labute approximate surface area is 132 Å². The maximum absolute atomic E-state index is 13.3. The van der Waals surface area contributed by atoms with Gasteiger partial charge in [0.1, 0.15) is 4.21 Å². The van der Waals surface area contributed by atoms with Crippen LogP contribution in [0.25, 0.3) is 0 Å². The van der Waals surface area contributed by atoms with E-state index in [-0.39, 0.29) is 15.6 Å². The lowest BCUT2D eigenvalue weighted by atomic mass is 10.3. The smallest absolute Gasteiger partial charge is 0.271 e. The molecule has 20 heavy (non-hydrogen) atoms. The predicted octanol–water partition coefficient (Wildman–Crippen LogP) is 4.11. The van der Waals surface area contributed by atoms with Crippen LogP contribution >= 0.6 is 38.9 Å². The van der Waals surface area contributed by atoms with Crippen molar-refractivity contribution in [3.63, 3.8) is 0 Å².